The highest BCUT2D eigenvalue weighted by Gasteiger charge is 2.26. The number of aromatic hydroxyl groups is 1. The molecule has 3 rings (SSSR count). The summed E-state index contributed by atoms with van der Waals surface area (Å²) >= 11 is 5.51. The Morgan fingerprint density at radius 2 is 2.05 bits per heavy atom. The topological polar surface area (TPSA) is 74.0 Å². The summed E-state index contributed by atoms with van der Waals surface area (Å²) in [5.41, 5.74) is 2.20. The first-order chi connectivity index (χ1) is 10.5. The van der Waals surface area contributed by atoms with Gasteiger partial charge in [-0.15, -0.1) is 5.10 Å². The Labute approximate surface area is 148 Å². The van der Waals surface area contributed by atoms with Crippen molar-refractivity contribution in [1.82, 2.24) is 0 Å². The molecule has 0 spiro atoms. The van der Waals surface area contributed by atoms with E-state index >= 15 is 0 Å². The number of carbonyl (C=O) groups is 1. The lowest BCUT2D eigenvalue weighted by Crippen LogP contribution is -2.13. The van der Waals surface area contributed by atoms with Crippen LogP contribution in [0.1, 0.15) is 11.1 Å². The van der Waals surface area contributed by atoms with E-state index in [0.29, 0.717) is 16.8 Å². The molecule has 0 fully saturated rings. The minimum atomic E-state index is -0.294. The van der Waals surface area contributed by atoms with Gasteiger partial charge in [-0.1, -0.05) is 15.9 Å². The SMILES string of the molecule is O=C1Nc2ccc(Br)cc2/C1=N/N=C/c1cc(I)ccc1O. The molecule has 110 valence electrons. The molecule has 0 bridgehead atoms. The molecule has 2 N–H and O–H groups in total. The van der Waals surface area contributed by atoms with E-state index in [9.17, 15) is 9.90 Å². The highest BCUT2D eigenvalue weighted by molar-refractivity contribution is 14.1. The average Bonchev–Trinajstić information content (AvgIpc) is 2.78. The molecule has 0 saturated carbocycles. The second-order valence-electron chi connectivity index (χ2n) is 4.54. The number of carbonyl (C=O) groups excluding carboxylic acids is 1. The Hall–Kier alpha value is -1.74. The number of fused-ring (bicyclic) bond motifs is 1. The van der Waals surface area contributed by atoms with Crippen LogP contribution < -0.4 is 5.32 Å². The van der Waals surface area contributed by atoms with Gasteiger partial charge in [0.25, 0.3) is 5.91 Å². The van der Waals surface area contributed by atoms with E-state index in [1.807, 2.05) is 12.1 Å². The minimum Gasteiger partial charge on any atom is -0.507 e. The monoisotopic (exact) mass is 469 g/mol. The van der Waals surface area contributed by atoms with Gasteiger partial charge in [-0.05, 0) is 59.0 Å². The summed E-state index contributed by atoms with van der Waals surface area (Å²) in [5.74, 6) is -0.180. The maximum Gasteiger partial charge on any atom is 0.276 e. The van der Waals surface area contributed by atoms with E-state index < -0.39 is 0 Å². The lowest BCUT2D eigenvalue weighted by atomic mass is 10.1. The molecule has 5 nitrogen and oxygen atoms in total. The molecule has 22 heavy (non-hydrogen) atoms. The summed E-state index contributed by atoms with van der Waals surface area (Å²) in [5, 5.41) is 20.4. The quantitative estimate of drug-likeness (QED) is 0.401. The number of anilines is 1. The van der Waals surface area contributed by atoms with Gasteiger partial charge >= 0.3 is 0 Å². The molecule has 1 heterocycles. The van der Waals surface area contributed by atoms with Gasteiger partial charge in [0.1, 0.15) is 5.75 Å². The minimum absolute atomic E-state index is 0.114. The predicted octanol–water partition coefficient (Wildman–Crippen LogP) is 3.53. The van der Waals surface area contributed by atoms with Crippen LogP contribution in [0.15, 0.2) is 51.1 Å². The molecule has 0 aliphatic carbocycles. The van der Waals surface area contributed by atoms with Gasteiger partial charge < -0.3 is 10.4 Å². The number of phenols is 1. The van der Waals surface area contributed by atoms with Crippen molar-refractivity contribution in [2.75, 3.05) is 5.32 Å². The smallest absolute Gasteiger partial charge is 0.276 e. The normalized spacial score (nSPS) is 15.4. The van der Waals surface area contributed by atoms with Crippen molar-refractivity contribution < 1.29 is 9.90 Å². The Bertz CT molecular complexity index is 834. The van der Waals surface area contributed by atoms with E-state index in [1.54, 1.807) is 24.3 Å². The Kier molecular flexibility index (Phi) is 4.25. The van der Waals surface area contributed by atoms with Crippen molar-refractivity contribution >= 4 is 62.0 Å². The number of hydrogen-bond donors (Lipinski definition) is 2. The fourth-order valence-electron chi connectivity index (χ4n) is 2.00. The number of amides is 1. The lowest BCUT2D eigenvalue weighted by molar-refractivity contribution is -0.110. The first-order valence-electron chi connectivity index (χ1n) is 6.25. The molecular formula is C15H9BrIN3O2. The van der Waals surface area contributed by atoms with Crippen LogP contribution in [0.3, 0.4) is 0 Å². The van der Waals surface area contributed by atoms with Crippen LogP contribution in [-0.2, 0) is 4.79 Å². The van der Waals surface area contributed by atoms with E-state index in [0.717, 1.165) is 8.04 Å². The van der Waals surface area contributed by atoms with Crippen LogP contribution in [0, 0.1) is 3.57 Å². The Morgan fingerprint density at radius 1 is 1.23 bits per heavy atom. The third kappa shape index (κ3) is 3.05. The number of rotatable bonds is 2. The summed E-state index contributed by atoms with van der Waals surface area (Å²) in [6, 6.07) is 10.6. The highest BCUT2D eigenvalue weighted by atomic mass is 127. The molecular weight excluding hydrogens is 461 g/mol. The summed E-state index contributed by atoms with van der Waals surface area (Å²) in [4.78, 5) is 11.9. The number of hydrogen-bond acceptors (Lipinski definition) is 4. The van der Waals surface area contributed by atoms with Crippen molar-refractivity contribution in [1.29, 1.82) is 0 Å². The third-order valence-electron chi connectivity index (χ3n) is 3.04. The zero-order valence-corrected chi connectivity index (χ0v) is 14.8. The number of benzene rings is 2. The van der Waals surface area contributed by atoms with Crippen LogP contribution >= 0.6 is 38.5 Å². The molecule has 0 unspecified atom stereocenters. The van der Waals surface area contributed by atoms with Crippen molar-refractivity contribution in [2.45, 2.75) is 0 Å². The second-order valence-corrected chi connectivity index (χ2v) is 6.70. The molecule has 0 atom stereocenters. The fourth-order valence-corrected chi connectivity index (χ4v) is 2.88. The third-order valence-corrected chi connectivity index (χ3v) is 4.21. The van der Waals surface area contributed by atoms with E-state index in [4.69, 9.17) is 0 Å². The van der Waals surface area contributed by atoms with E-state index in [2.05, 4.69) is 54.0 Å². The van der Waals surface area contributed by atoms with Crippen LogP contribution in [0.5, 0.6) is 5.75 Å². The Morgan fingerprint density at radius 3 is 2.86 bits per heavy atom. The van der Waals surface area contributed by atoms with Gasteiger partial charge in [-0.3, -0.25) is 4.79 Å². The number of nitrogens with zero attached hydrogens (tertiary/aromatic N) is 2. The highest BCUT2D eigenvalue weighted by Crippen LogP contribution is 2.27. The van der Waals surface area contributed by atoms with Crippen LogP contribution in [-0.4, -0.2) is 22.9 Å². The predicted molar refractivity (Wildman–Crippen MR) is 97.7 cm³/mol. The van der Waals surface area contributed by atoms with Gasteiger partial charge in [0.2, 0.25) is 0 Å². The van der Waals surface area contributed by atoms with E-state index in [-0.39, 0.29) is 17.4 Å². The van der Waals surface area contributed by atoms with Gasteiger partial charge in [0.05, 0.1) is 11.9 Å². The number of phenolic OH excluding ortho intramolecular Hbond substituents is 1. The van der Waals surface area contributed by atoms with Crippen molar-refractivity contribution in [2.24, 2.45) is 10.2 Å². The molecule has 2 aromatic rings. The zero-order chi connectivity index (χ0) is 15.7. The summed E-state index contributed by atoms with van der Waals surface area (Å²) < 4.78 is 1.83. The van der Waals surface area contributed by atoms with Crippen LogP contribution in [0.2, 0.25) is 0 Å². The van der Waals surface area contributed by atoms with Gasteiger partial charge in [0, 0.05) is 19.2 Å². The van der Waals surface area contributed by atoms with Gasteiger partial charge in [0.15, 0.2) is 5.71 Å². The molecule has 1 aliphatic heterocycles. The number of halogens is 2. The molecule has 0 radical (unpaired) electrons. The molecule has 1 aliphatic rings. The first kappa shape index (κ1) is 15.2. The first-order valence-corrected chi connectivity index (χ1v) is 8.12. The standard InChI is InChI=1S/C15H9BrIN3O2/c16-9-1-3-12-11(6-9)14(15(22)19-12)20-18-7-8-5-10(17)2-4-13(8)21/h1-7,21H,(H,19,20,22)/b18-7+. The van der Waals surface area contributed by atoms with E-state index in [1.165, 1.54) is 6.21 Å². The maximum absolute atomic E-state index is 11.9. The largest absolute Gasteiger partial charge is 0.507 e. The summed E-state index contributed by atoms with van der Waals surface area (Å²) in [6.07, 6.45) is 1.42. The molecule has 0 saturated heterocycles. The van der Waals surface area contributed by atoms with Gasteiger partial charge in [-0.2, -0.15) is 5.10 Å². The zero-order valence-electron chi connectivity index (χ0n) is 11.0. The van der Waals surface area contributed by atoms with Crippen LogP contribution in [0.25, 0.3) is 0 Å². The van der Waals surface area contributed by atoms with Crippen molar-refractivity contribution in [3.8, 4) is 5.75 Å². The van der Waals surface area contributed by atoms with Gasteiger partial charge in [-0.25, -0.2) is 0 Å². The molecule has 0 aromatic heterocycles. The fraction of sp³-hybridized carbons (Fsp3) is 0. The average molecular weight is 470 g/mol. The van der Waals surface area contributed by atoms with Crippen LogP contribution in [0.4, 0.5) is 5.69 Å². The summed E-state index contributed by atoms with van der Waals surface area (Å²) in [6.45, 7) is 0. The molecule has 7 heteroatoms. The molecule has 2 aromatic carbocycles. The van der Waals surface area contributed by atoms with Crippen molar-refractivity contribution in [3.63, 3.8) is 0 Å². The maximum atomic E-state index is 11.9. The number of nitrogens with one attached hydrogen (secondary N) is 1. The molecule has 1 amide bonds. The van der Waals surface area contributed by atoms with Crippen molar-refractivity contribution in [3.05, 3.63) is 55.6 Å². The lowest BCUT2D eigenvalue weighted by Gasteiger charge is -1.98. The Balaban J connectivity index is 1.93. The summed E-state index contributed by atoms with van der Waals surface area (Å²) in [7, 11) is 0. The second kappa shape index (κ2) is 6.17.